The van der Waals surface area contributed by atoms with Crippen molar-refractivity contribution in [1.29, 1.82) is 0 Å². The van der Waals surface area contributed by atoms with Crippen LogP contribution in [0.15, 0.2) is 48.5 Å². The molecule has 0 aliphatic heterocycles. The third-order valence-corrected chi connectivity index (χ3v) is 4.06. The molecule has 3 amide bonds. The molecule has 0 spiro atoms. The summed E-state index contributed by atoms with van der Waals surface area (Å²) in [6.45, 7) is 5.17. The van der Waals surface area contributed by atoms with E-state index in [9.17, 15) is 18.4 Å². The predicted molar refractivity (Wildman–Crippen MR) is 100 cm³/mol. The standard InChI is InChI=1S/C20H23F2N3O2/c1-12(2)18(25-20(27)24-15-7-5-4-6-8-15)19(26)23-13(3)16-10-9-14(21)11-17(16)22/h4-13,18H,1-3H3,(H,23,26)(H2,24,25,27). The Labute approximate surface area is 157 Å². The molecule has 0 fully saturated rings. The van der Waals surface area contributed by atoms with Crippen LogP contribution in [0.25, 0.3) is 0 Å². The fourth-order valence-corrected chi connectivity index (χ4v) is 2.60. The SMILES string of the molecule is CC(NC(=O)C(NC(=O)Nc1ccccc1)C(C)C)c1ccc(F)cc1F. The Morgan fingerprint density at radius 2 is 1.59 bits per heavy atom. The van der Waals surface area contributed by atoms with Gasteiger partial charge in [-0.25, -0.2) is 13.6 Å². The minimum Gasteiger partial charge on any atom is -0.348 e. The maximum Gasteiger partial charge on any atom is 0.319 e. The summed E-state index contributed by atoms with van der Waals surface area (Å²) in [6.07, 6.45) is 0. The largest absolute Gasteiger partial charge is 0.348 e. The normalized spacial score (nSPS) is 13.0. The highest BCUT2D eigenvalue weighted by atomic mass is 19.1. The van der Waals surface area contributed by atoms with E-state index in [1.54, 1.807) is 45.0 Å². The summed E-state index contributed by atoms with van der Waals surface area (Å²) in [5.41, 5.74) is 0.764. The van der Waals surface area contributed by atoms with Gasteiger partial charge in [0.2, 0.25) is 5.91 Å². The van der Waals surface area contributed by atoms with Gasteiger partial charge in [0.1, 0.15) is 17.7 Å². The van der Waals surface area contributed by atoms with Crippen LogP contribution in [0.1, 0.15) is 32.4 Å². The van der Waals surface area contributed by atoms with Crippen LogP contribution in [0.5, 0.6) is 0 Å². The minimum absolute atomic E-state index is 0.168. The van der Waals surface area contributed by atoms with Gasteiger partial charge < -0.3 is 16.0 Å². The van der Waals surface area contributed by atoms with Gasteiger partial charge in [-0.2, -0.15) is 0 Å². The van der Waals surface area contributed by atoms with E-state index in [4.69, 9.17) is 0 Å². The van der Waals surface area contributed by atoms with Crippen molar-refractivity contribution in [2.24, 2.45) is 5.92 Å². The number of carbonyl (C=O) groups excluding carboxylic acids is 2. The number of hydrogen-bond donors (Lipinski definition) is 3. The van der Waals surface area contributed by atoms with Gasteiger partial charge in [0.15, 0.2) is 0 Å². The van der Waals surface area contributed by atoms with Gasteiger partial charge in [-0.3, -0.25) is 4.79 Å². The van der Waals surface area contributed by atoms with Crippen molar-refractivity contribution in [3.05, 3.63) is 65.7 Å². The third-order valence-electron chi connectivity index (χ3n) is 4.06. The predicted octanol–water partition coefficient (Wildman–Crippen LogP) is 3.99. The van der Waals surface area contributed by atoms with E-state index < -0.39 is 35.7 Å². The quantitative estimate of drug-likeness (QED) is 0.715. The fourth-order valence-electron chi connectivity index (χ4n) is 2.60. The van der Waals surface area contributed by atoms with Crippen LogP contribution in [0, 0.1) is 17.6 Å². The molecule has 3 N–H and O–H groups in total. The number of benzene rings is 2. The highest BCUT2D eigenvalue weighted by Gasteiger charge is 2.26. The zero-order chi connectivity index (χ0) is 20.0. The first-order valence-electron chi connectivity index (χ1n) is 8.66. The smallest absolute Gasteiger partial charge is 0.319 e. The van der Waals surface area contributed by atoms with Crippen LogP contribution in [0.2, 0.25) is 0 Å². The Kier molecular flexibility index (Phi) is 6.87. The zero-order valence-electron chi connectivity index (χ0n) is 15.4. The minimum atomic E-state index is -0.820. The maximum atomic E-state index is 13.9. The first kappa shape index (κ1) is 20.4. The second kappa shape index (κ2) is 9.12. The molecule has 0 aliphatic carbocycles. The van der Waals surface area contributed by atoms with Crippen molar-refractivity contribution in [2.75, 3.05) is 5.32 Å². The molecule has 144 valence electrons. The number of hydrogen-bond acceptors (Lipinski definition) is 2. The molecule has 2 atom stereocenters. The maximum absolute atomic E-state index is 13.9. The lowest BCUT2D eigenvalue weighted by atomic mass is 10.0. The number of carbonyl (C=O) groups is 2. The molecular weight excluding hydrogens is 352 g/mol. The Morgan fingerprint density at radius 3 is 2.19 bits per heavy atom. The van der Waals surface area contributed by atoms with Crippen molar-refractivity contribution in [2.45, 2.75) is 32.9 Å². The Morgan fingerprint density at radius 1 is 0.926 bits per heavy atom. The number of urea groups is 1. The van der Waals surface area contributed by atoms with Crippen LogP contribution in [-0.2, 0) is 4.79 Å². The molecule has 0 heterocycles. The number of rotatable bonds is 6. The van der Waals surface area contributed by atoms with Gasteiger partial charge in [0.25, 0.3) is 0 Å². The molecule has 5 nitrogen and oxygen atoms in total. The molecule has 0 aromatic heterocycles. The molecule has 0 aliphatic rings. The Bertz CT molecular complexity index is 797. The molecule has 0 saturated heterocycles. The lowest BCUT2D eigenvalue weighted by Gasteiger charge is -2.24. The molecule has 2 rings (SSSR count). The van der Waals surface area contributed by atoms with E-state index in [-0.39, 0.29) is 11.5 Å². The van der Waals surface area contributed by atoms with Crippen molar-refractivity contribution in [3.63, 3.8) is 0 Å². The Balaban J connectivity index is 2.02. The van der Waals surface area contributed by atoms with Crippen molar-refractivity contribution in [3.8, 4) is 0 Å². The highest BCUT2D eigenvalue weighted by molar-refractivity contribution is 5.93. The van der Waals surface area contributed by atoms with Crippen LogP contribution in [-0.4, -0.2) is 18.0 Å². The van der Waals surface area contributed by atoms with E-state index in [1.165, 1.54) is 6.07 Å². The van der Waals surface area contributed by atoms with Crippen LogP contribution < -0.4 is 16.0 Å². The van der Waals surface area contributed by atoms with E-state index >= 15 is 0 Å². The lowest BCUT2D eigenvalue weighted by Crippen LogP contribution is -2.51. The summed E-state index contributed by atoms with van der Waals surface area (Å²) in [6, 6.07) is 10.00. The molecule has 0 radical (unpaired) electrons. The monoisotopic (exact) mass is 375 g/mol. The number of anilines is 1. The first-order chi connectivity index (χ1) is 12.8. The van der Waals surface area contributed by atoms with Crippen molar-refractivity contribution >= 4 is 17.6 Å². The average molecular weight is 375 g/mol. The van der Waals surface area contributed by atoms with Crippen LogP contribution in [0.3, 0.4) is 0 Å². The summed E-state index contributed by atoms with van der Waals surface area (Å²) in [7, 11) is 0. The van der Waals surface area contributed by atoms with Crippen molar-refractivity contribution < 1.29 is 18.4 Å². The summed E-state index contributed by atoms with van der Waals surface area (Å²) >= 11 is 0. The number of amides is 3. The second-order valence-corrected chi connectivity index (χ2v) is 6.58. The molecule has 0 bridgehead atoms. The second-order valence-electron chi connectivity index (χ2n) is 6.58. The van der Waals surface area contributed by atoms with E-state index in [0.717, 1.165) is 12.1 Å². The van der Waals surface area contributed by atoms with Crippen LogP contribution in [0.4, 0.5) is 19.3 Å². The topological polar surface area (TPSA) is 70.2 Å². The van der Waals surface area contributed by atoms with Gasteiger partial charge >= 0.3 is 6.03 Å². The van der Waals surface area contributed by atoms with Gasteiger partial charge in [-0.15, -0.1) is 0 Å². The van der Waals surface area contributed by atoms with Gasteiger partial charge in [-0.05, 0) is 31.0 Å². The number of halogens is 2. The summed E-state index contributed by atoms with van der Waals surface area (Å²) in [5, 5.41) is 7.94. The molecular formula is C20H23F2N3O2. The number of para-hydroxylation sites is 1. The first-order valence-corrected chi connectivity index (χ1v) is 8.66. The van der Waals surface area contributed by atoms with Gasteiger partial charge in [-0.1, -0.05) is 38.1 Å². The lowest BCUT2D eigenvalue weighted by molar-refractivity contribution is -0.124. The number of nitrogens with one attached hydrogen (secondary N) is 3. The summed E-state index contributed by atoms with van der Waals surface area (Å²) in [5.74, 6) is -2.08. The van der Waals surface area contributed by atoms with Crippen molar-refractivity contribution in [1.82, 2.24) is 10.6 Å². The molecule has 0 saturated carbocycles. The molecule has 2 aromatic carbocycles. The van der Waals surface area contributed by atoms with E-state index in [1.807, 2.05) is 6.07 Å². The molecule has 7 heteroatoms. The fraction of sp³-hybridized carbons (Fsp3) is 0.300. The highest BCUT2D eigenvalue weighted by Crippen LogP contribution is 2.18. The molecule has 27 heavy (non-hydrogen) atoms. The average Bonchev–Trinajstić information content (AvgIpc) is 2.60. The van der Waals surface area contributed by atoms with Crippen LogP contribution >= 0.6 is 0 Å². The molecule has 2 aromatic rings. The summed E-state index contributed by atoms with van der Waals surface area (Å²) < 4.78 is 26.9. The third kappa shape index (κ3) is 5.77. The zero-order valence-corrected chi connectivity index (χ0v) is 15.4. The van der Waals surface area contributed by atoms with Gasteiger partial charge in [0.05, 0.1) is 6.04 Å². The molecule has 2 unspecified atom stereocenters. The Hall–Kier alpha value is -2.96. The van der Waals surface area contributed by atoms with Gasteiger partial charge in [0, 0.05) is 17.3 Å². The van der Waals surface area contributed by atoms with E-state index in [0.29, 0.717) is 5.69 Å². The summed E-state index contributed by atoms with van der Waals surface area (Å²) in [4.78, 5) is 24.8. The van der Waals surface area contributed by atoms with E-state index in [2.05, 4.69) is 16.0 Å².